The van der Waals surface area contributed by atoms with Gasteiger partial charge in [-0.1, -0.05) is 20.3 Å². The van der Waals surface area contributed by atoms with Gasteiger partial charge in [0.2, 0.25) is 0 Å². The first-order valence-corrected chi connectivity index (χ1v) is 4.59. The van der Waals surface area contributed by atoms with Crippen LogP contribution in [0.5, 0.6) is 0 Å². The molecule has 3 heteroatoms. The third-order valence-electron chi connectivity index (χ3n) is 1.36. The van der Waals surface area contributed by atoms with Crippen LogP contribution in [-0.2, 0) is 9.59 Å². The smallest absolute Gasteiger partial charge is 0.253 e. The van der Waals surface area contributed by atoms with E-state index in [1.165, 1.54) is 23.5 Å². The Kier molecular flexibility index (Phi) is 5.04. The van der Waals surface area contributed by atoms with Gasteiger partial charge in [-0.2, -0.15) is 0 Å². The van der Waals surface area contributed by atoms with E-state index in [9.17, 15) is 9.59 Å². The predicted octanol–water partition coefficient (Wildman–Crippen LogP) is 1.74. The van der Waals surface area contributed by atoms with Gasteiger partial charge in [0, 0.05) is 18.2 Å². The van der Waals surface area contributed by atoms with Crippen LogP contribution in [0, 0.1) is 0 Å². The molecule has 0 bridgehead atoms. The molecule has 3 nitrogen and oxygen atoms in total. The zero-order valence-corrected chi connectivity index (χ0v) is 8.70. The summed E-state index contributed by atoms with van der Waals surface area (Å²) in [4.78, 5) is 22.9. The molecular weight excluding hydrogens is 166 g/mol. The van der Waals surface area contributed by atoms with E-state index in [1.54, 1.807) is 0 Å². The van der Waals surface area contributed by atoms with Crippen molar-refractivity contribution in [3.05, 3.63) is 12.2 Å². The molecule has 0 saturated carbocycles. The van der Waals surface area contributed by atoms with Crippen LogP contribution in [0.3, 0.4) is 0 Å². The fraction of sp³-hybridized carbons (Fsp3) is 0.600. The molecule has 0 spiro atoms. The summed E-state index contributed by atoms with van der Waals surface area (Å²) in [6, 6.07) is -0.0324. The van der Waals surface area contributed by atoms with E-state index in [0.717, 1.165) is 0 Å². The SMILES string of the molecule is CC(C)N1C(=O)C=CC1=O.CCC. The summed E-state index contributed by atoms with van der Waals surface area (Å²) >= 11 is 0. The van der Waals surface area contributed by atoms with Gasteiger partial charge in [0.1, 0.15) is 0 Å². The second kappa shape index (κ2) is 5.51. The van der Waals surface area contributed by atoms with Crippen molar-refractivity contribution >= 4 is 11.8 Å². The molecule has 1 heterocycles. The van der Waals surface area contributed by atoms with E-state index in [2.05, 4.69) is 13.8 Å². The molecule has 0 fully saturated rings. The summed E-state index contributed by atoms with van der Waals surface area (Å²) in [6.45, 7) is 7.87. The summed E-state index contributed by atoms with van der Waals surface area (Å²) < 4.78 is 0. The monoisotopic (exact) mass is 183 g/mol. The molecule has 0 aromatic rings. The number of amides is 2. The molecule has 1 aliphatic heterocycles. The summed E-state index contributed by atoms with van der Waals surface area (Å²) in [5.41, 5.74) is 0. The quantitative estimate of drug-likeness (QED) is 0.581. The van der Waals surface area contributed by atoms with Crippen LogP contribution in [0.15, 0.2) is 12.2 Å². The van der Waals surface area contributed by atoms with E-state index < -0.39 is 0 Å². The number of carbonyl (C=O) groups excluding carboxylic acids is 2. The topological polar surface area (TPSA) is 37.4 Å². The summed E-state index contributed by atoms with van der Waals surface area (Å²) in [5, 5.41) is 0. The number of carbonyl (C=O) groups is 2. The van der Waals surface area contributed by atoms with Crippen LogP contribution in [0.4, 0.5) is 0 Å². The minimum Gasteiger partial charge on any atom is -0.273 e. The first-order valence-electron chi connectivity index (χ1n) is 4.59. The Morgan fingerprint density at radius 1 is 1.15 bits per heavy atom. The molecular formula is C10H17NO2. The fourth-order valence-electron chi connectivity index (χ4n) is 0.921. The van der Waals surface area contributed by atoms with Gasteiger partial charge in [0.05, 0.1) is 0 Å². The van der Waals surface area contributed by atoms with Gasteiger partial charge < -0.3 is 0 Å². The van der Waals surface area contributed by atoms with E-state index in [1.807, 2.05) is 13.8 Å². The molecule has 0 N–H and O–H groups in total. The first kappa shape index (κ1) is 11.9. The zero-order chi connectivity index (χ0) is 10.4. The largest absolute Gasteiger partial charge is 0.273 e. The van der Waals surface area contributed by atoms with Crippen molar-refractivity contribution in [1.82, 2.24) is 4.90 Å². The van der Waals surface area contributed by atoms with E-state index >= 15 is 0 Å². The number of nitrogens with zero attached hydrogens (tertiary/aromatic N) is 1. The molecule has 1 rings (SSSR count). The van der Waals surface area contributed by atoms with Crippen LogP contribution < -0.4 is 0 Å². The molecule has 0 aromatic heterocycles. The normalized spacial score (nSPS) is 15.0. The lowest BCUT2D eigenvalue weighted by atomic mass is 10.3. The molecule has 2 amide bonds. The molecule has 0 aliphatic carbocycles. The van der Waals surface area contributed by atoms with Crippen molar-refractivity contribution in [3.63, 3.8) is 0 Å². The minimum atomic E-state index is -0.208. The maximum absolute atomic E-state index is 10.8. The third-order valence-corrected chi connectivity index (χ3v) is 1.36. The second-order valence-electron chi connectivity index (χ2n) is 3.18. The molecule has 13 heavy (non-hydrogen) atoms. The van der Waals surface area contributed by atoms with Crippen molar-refractivity contribution in [2.24, 2.45) is 0 Å². The Labute approximate surface area is 79.4 Å². The Morgan fingerprint density at radius 3 is 1.62 bits per heavy atom. The van der Waals surface area contributed by atoms with Gasteiger partial charge >= 0.3 is 0 Å². The average Bonchev–Trinajstić information content (AvgIpc) is 2.32. The lowest BCUT2D eigenvalue weighted by Gasteiger charge is -2.17. The summed E-state index contributed by atoms with van der Waals surface area (Å²) in [5.74, 6) is -0.417. The van der Waals surface area contributed by atoms with Crippen LogP contribution in [0.2, 0.25) is 0 Å². The number of imide groups is 1. The predicted molar refractivity (Wildman–Crippen MR) is 52.1 cm³/mol. The summed E-state index contributed by atoms with van der Waals surface area (Å²) in [6.07, 6.45) is 3.84. The van der Waals surface area contributed by atoms with Crippen molar-refractivity contribution in [2.45, 2.75) is 40.2 Å². The molecule has 74 valence electrons. The fourth-order valence-corrected chi connectivity index (χ4v) is 0.921. The Hall–Kier alpha value is -1.12. The highest BCUT2D eigenvalue weighted by Gasteiger charge is 2.25. The maximum Gasteiger partial charge on any atom is 0.253 e. The second-order valence-corrected chi connectivity index (χ2v) is 3.18. The molecule has 0 saturated heterocycles. The van der Waals surface area contributed by atoms with Gasteiger partial charge in [0.15, 0.2) is 0 Å². The lowest BCUT2D eigenvalue weighted by Crippen LogP contribution is -2.36. The molecule has 1 aliphatic rings. The standard InChI is InChI=1S/C7H9NO2.C3H8/c1-5(2)8-6(9)3-4-7(8)10;1-3-2/h3-5H,1-2H3;3H2,1-2H3. The number of hydrogen-bond donors (Lipinski definition) is 0. The number of rotatable bonds is 1. The Bertz CT molecular complexity index is 201. The van der Waals surface area contributed by atoms with Gasteiger partial charge in [-0.15, -0.1) is 0 Å². The van der Waals surface area contributed by atoms with Crippen molar-refractivity contribution in [3.8, 4) is 0 Å². The Balaban J connectivity index is 0.000000424. The summed E-state index contributed by atoms with van der Waals surface area (Å²) in [7, 11) is 0. The highest BCUT2D eigenvalue weighted by Crippen LogP contribution is 2.07. The van der Waals surface area contributed by atoms with E-state index in [-0.39, 0.29) is 17.9 Å². The van der Waals surface area contributed by atoms with E-state index in [0.29, 0.717) is 0 Å². The van der Waals surface area contributed by atoms with Crippen LogP contribution in [0.25, 0.3) is 0 Å². The van der Waals surface area contributed by atoms with E-state index in [4.69, 9.17) is 0 Å². The highest BCUT2D eigenvalue weighted by molar-refractivity contribution is 6.13. The van der Waals surface area contributed by atoms with Crippen LogP contribution >= 0.6 is 0 Å². The Morgan fingerprint density at radius 2 is 1.46 bits per heavy atom. The molecule has 0 atom stereocenters. The van der Waals surface area contributed by atoms with Crippen molar-refractivity contribution < 1.29 is 9.59 Å². The maximum atomic E-state index is 10.8. The van der Waals surface area contributed by atoms with Crippen LogP contribution in [-0.4, -0.2) is 22.8 Å². The molecule has 0 aromatic carbocycles. The minimum absolute atomic E-state index is 0.0324. The molecule has 0 unspecified atom stereocenters. The first-order chi connectivity index (χ1) is 6.04. The number of hydrogen-bond acceptors (Lipinski definition) is 2. The van der Waals surface area contributed by atoms with Crippen molar-refractivity contribution in [2.75, 3.05) is 0 Å². The third kappa shape index (κ3) is 3.40. The van der Waals surface area contributed by atoms with Gasteiger partial charge in [-0.25, -0.2) is 0 Å². The van der Waals surface area contributed by atoms with Crippen molar-refractivity contribution in [1.29, 1.82) is 0 Å². The van der Waals surface area contributed by atoms with Gasteiger partial charge in [0.25, 0.3) is 11.8 Å². The van der Waals surface area contributed by atoms with Crippen LogP contribution in [0.1, 0.15) is 34.1 Å². The lowest BCUT2D eigenvalue weighted by molar-refractivity contribution is -0.138. The van der Waals surface area contributed by atoms with Gasteiger partial charge in [-0.05, 0) is 13.8 Å². The average molecular weight is 183 g/mol. The molecule has 0 radical (unpaired) electrons. The zero-order valence-electron chi connectivity index (χ0n) is 8.70. The van der Waals surface area contributed by atoms with Gasteiger partial charge in [-0.3, -0.25) is 14.5 Å². The highest BCUT2D eigenvalue weighted by atomic mass is 16.2.